The Kier molecular flexibility index (Phi) is 1.82. The Balaban J connectivity index is 2.10. The van der Waals surface area contributed by atoms with Crippen molar-refractivity contribution in [2.45, 2.75) is 19.8 Å². The minimum absolute atomic E-state index is 0.111. The Morgan fingerprint density at radius 3 is 2.81 bits per heavy atom. The summed E-state index contributed by atoms with van der Waals surface area (Å²) in [6, 6.07) is 6.16. The number of carbonyl (C=O) groups is 1. The van der Waals surface area contributed by atoms with E-state index in [1.54, 1.807) is 0 Å². The monoisotopic (exact) mass is 216 g/mol. The second-order valence-corrected chi connectivity index (χ2v) is 5.06. The summed E-state index contributed by atoms with van der Waals surface area (Å²) in [5.74, 6) is 0.201. The van der Waals surface area contributed by atoms with Crippen molar-refractivity contribution in [3.05, 3.63) is 23.8 Å². The number of benzene rings is 1. The fourth-order valence-electron chi connectivity index (χ4n) is 2.53. The Hall–Kier alpha value is -1.51. The zero-order valence-corrected chi connectivity index (χ0v) is 9.71. The van der Waals surface area contributed by atoms with Gasteiger partial charge in [-0.25, -0.2) is 0 Å². The quantitative estimate of drug-likeness (QED) is 0.720. The average molecular weight is 216 g/mol. The molecule has 1 aromatic carbocycles. The van der Waals surface area contributed by atoms with Crippen molar-refractivity contribution in [1.29, 1.82) is 0 Å². The summed E-state index contributed by atoms with van der Waals surface area (Å²) < 4.78 is 0. The van der Waals surface area contributed by atoms with Gasteiger partial charge in [0, 0.05) is 13.6 Å². The van der Waals surface area contributed by atoms with E-state index in [4.69, 9.17) is 0 Å². The number of fused-ring (bicyclic) bond motifs is 1. The molecule has 0 radical (unpaired) electrons. The third-order valence-corrected chi connectivity index (χ3v) is 3.78. The molecule has 1 aromatic rings. The van der Waals surface area contributed by atoms with Gasteiger partial charge in [0.25, 0.3) is 0 Å². The van der Waals surface area contributed by atoms with Crippen LogP contribution >= 0.6 is 0 Å². The molecule has 3 nitrogen and oxygen atoms in total. The van der Waals surface area contributed by atoms with Crippen LogP contribution < -0.4 is 10.2 Å². The number of rotatable bonds is 0. The van der Waals surface area contributed by atoms with Crippen LogP contribution in [0.15, 0.2) is 18.2 Å². The van der Waals surface area contributed by atoms with Gasteiger partial charge in [0.1, 0.15) is 0 Å². The van der Waals surface area contributed by atoms with Crippen LogP contribution in [0.3, 0.4) is 0 Å². The van der Waals surface area contributed by atoms with Gasteiger partial charge in [-0.1, -0.05) is 12.1 Å². The molecule has 1 spiro atoms. The summed E-state index contributed by atoms with van der Waals surface area (Å²) in [7, 11) is 2.07. The Labute approximate surface area is 95.4 Å². The first-order valence-electron chi connectivity index (χ1n) is 5.75. The van der Waals surface area contributed by atoms with E-state index < -0.39 is 0 Å². The summed E-state index contributed by atoms with van der Waals surface area (Å²) in [4.78, 5) is 14.3. The number of carbonyl (C=O) groups excluding carboxylic acids is 1. The second-order valence-electron chi connectivity index (χ2n) is 5.06. The molecule has 0 unspecified atom stereocenters. The first kappa shape index (κ1) is 9.70. The minimum Gasteiger partial charge on any atom is -0.372 e. The molecule has 1 N–H and O–H groups in total. The highest BCUT2D eigenvalue weighted by atomic mass is 16.2. The molecule has 1 aliphatic carbocycles. The highest BCUT2D eigenvalue weighted by molar-refractivity contribution is 6.02. The number of nitrogens with one attached hydrogen (secondary N) is 1. The molecule has 84 valence electrons. The van der Waals surface area contributed by atoms with Crippen molar-refractivity contribution in [1.82, 2.24) is 0 Å². The summed E-state index contributed by atoms with van der Waals surface area (Å²) in [6.45, 7) is 2.88. The summed E-state index contributed by atoms with van der Waals surface area (Å²) in [6.07, 6.45) is 2.05. The van der Waals surface area contributed by atoms with Gasteiger partial charge < -0.3 is 10.2 Å². The molecular formula is C13H16N2O. The predicted molar refractivity (Wildman–Crippen MR) is 64.7 cm³/mol. The Bertz CT molecular complexity index is 463. The largest absolute Gasteiger partial charge is 0.372 e. The molecule has 2 aliphatic rings. The molecule has 1 heterocycles. The van der Waals surface area contributed by atoms with Crippen molar-refractivity contribution < 1.29 is 4.79 Å². The average Bonchev–Trinajstić information content (AvgIpc) is 3.01. The molecule has 3 heteroatoms. The van der Waals surface area contributed by atoms with Crippen molar-refractivity contribution in [2.75, 3.05) is 23.8 Å². The zero-order chi connectivity index (χ0) is 11.3. The summed E-state index contributed by atoms with van der Waals surface area (Å²) >= 11 is 0. The lowest BCUT2D eigenvalue weighted by Gasteiger charge is -2.21. The van der Waals surface area contributed by atoms with Gasteiger partial charge in [-0.05, 0) is 31.4 Å². The highest BCUT2D eigenvalue weighted by Gasteiger charge is 2.52. The number of hydrogen-bond acceptors (Lipinski definition) is 2. The molecular weight excluding hydrogens is 200 g/mol. The highest BCUT2D eigenvalue weighted by Crippen LogP contribution is 2.50. The van der Waals surface area contributed by atoms with Gasteiger partial charge >= 0.3 is 0 Å². The topological polar surface area (TPSA) is 32.3 Å². The molecule has 1 aliphatic heterocycles. The number of hydrogen-bond donors (Lipinski definition) is 1. The molecule has 1 fully saturated rings. The van der Waals surface area contributed by atoms with E-state index in [2.05, 4.69) is 23.3 Å². The van der Waals surface area contributed by atoms with E-state index >= 15 is 0 Å². The smallest absolute Gasteiger partial charge is 0.232 e. The van der Waals surface area contributed by atoms with E-state index in [1.807, 2.05) is 19.1 Å². The fourth-order valence-corrected chi connectivity index (χ4v) is 2.53. The van der Waals surface area contributed by atoms with Crippen LogP contribution in [0.4, 0.5) is 11.4 Å². The molecule has 16 heavy (non-hydrogen) atoms. The number of anilines is 2. The van der Waals surface area contributed by atoms with Gasteiger partial charge in [0.2, 0.25) is 5.91 Å². The first-order valence-corrected chi connectivity index (χ1v) is 5.75. The molecule has 0 saturated heterocycles. The number of nitrogens with zero attached hydrogens (tertiary/aromatic N) is 1. The predicted octanol–water partition coefficient (Wildman–Crippen LogP) is 2.16. The SMILES string of the molecule is Cc1cccc2c1NC(=O)C1(CC1)CN2C. The van der Waals surface area contributed by atoms with Gasteiger partial charge in [-0.3, -0.25) is 4.79 Å². The third kappa shape index (κ3) is 1.24. The van der Waals surface area contributed by atoms with Gasteiger partial charge in [0.05, 0.1) is 16.8 Å². The Morgan fingerprint density at radius 2 is 2.12 bits per heavy atom. The second kappa shape index (κ2) is 3.00. The molecule has 1 amide bonds. The van der Waals surface area contributed by atoms with Crippen molar-refractivity contribution in [2.24, 2.45) is 5.41 Å². The van der Waals surface area contributed by atoms with Crippen LogP contribution in [0.25, 0.3) is 0 Å². The number of aryl methyl sites for hydroxylation is 1. The number of amides is 1. The Morgan fingerprint density at radius 1 is 1.38 bits per heavy atom. The maximum absolute atomic E-state index is 12.1. The van der Waals surface area contributed by atoms with Crippen molar-refractivity contribution in [3.63, 3.8) is 0 Å². The van der Waals surface area contributed by atoms with Crippen LogP contribution in [0.5, 0.6) is 0 Å². The van der Waals surface area contributed by atoms with Gasteiger partial charge in [-0.2, -0.15) is 0 Å². The third-order valence-electron chi connectivity index (χ3n) is 3.78. The summed E-state index contributed by atoms with van der Waals surface area (Å²) in [5, 5.41) is 3.09. The minimum atomic E-state index is -0.111. The lowest BCUT2D eigenvalue weighted by molar-refractivity contribution is -0.120. The lowest BCUT2D eigenvalue weighted by atomic mass is 10.1. The molecule has 0 atom stereocenters. The van der Waals surface area contributed by atoms with E-state index in [1.165, 1.54) is 0 Å². The van der Waals surface area contributed by atoms with Crippen molar-refractivity contribution >= 4 is 17.3 Å². The maximum Gasteiger partial charge on any atom is 0.232 e. The van der Waals surface area contributed by atoms with Crippen LogP contribution in [-0.4, -0.2) is 19.5 Å². The maximum atomic E-state index is 12.1. The lowest BCUT2D eigenvalue weighted by Crippen LogP contribution is -2.31. The van der Waals surface area contributed by atoms with E-state index in [0.29, 0.717) is 0 Å². The van der Waals surface area contributed by atoms with E-state index in [-0.39, 0.29) is 11.3 Å². The zero-order valence-electron chi connectivity index (χ0n) is 9.71. The molecule has 1 saturated carbocycles. The van der Waals surface area contributed by atoms with Crippen LogP contribution in [0, 0.1) is 12.3 Å². The standard InChI is InChI=1S/C13H16N2O/c1-9-4-3-5-10-11(9)14-12(16)13(6-7-13)8-15(10)2/h3-5H,6-8H2,1-2H3,(H,14,16). The van der Waals surface area contributed by atoms with Gasteiger partial charge in [-0.15, -0.1) is 0 Å². The van der Waals surface area contributed by atoms with Crippen LogP contribution in [0.2, 0.25) is 0 Å². The normalized spacial score (nSPS) is 21.4. The first-order chi connectivity index (χ1) is 7.62. The van der Waals surface area contributed by atoms with Gasteiger partial charge in [0.15, 0.2) is 0 Å². The van der Waals surface area contributed by atoms with Crippen molar-refractivity contribution in [3.8, 4) is 0 Å². The molecule has 3 rings (SSSR count). The summed E-state index contributed by atoms with van der Waals surface area (Å²) in [5.41, 5.74) is 3.14. The van der Waals surface area contributed by atoms with E-state index in [0.717, 1.165) is 36.3 Å². The van der Waals surface area contributed by atoms with Crippen LogP contribution in [-0.2, 0) is 4.79 Å². The fraction of sp³-hybridized carbons (Fsp3) is 0.462. The number of para-hydroxylation sites is 1. The molecule has 0 aromatic heterocycles. The molecule has 0 bridgehead atoms. The van der Waals surface area contributed by atoms with Crippen LogP contribution in [0.1, 0.15) is 18.4 Å². The van der Waals surface area contributed by atoms with E-state index in [9.17, 15) is 4.79 Å².